The van der Waals surface area contributed by atoms with Gasteiger partial charge in [0.25, 0.3) is 0 Å². The Hall–Kier alpha value is -0.240. The van der Waals surface area contributed by atoms with Crippen LogP contribution in [-0.2, 0) is 10.0 Å². The number of thioether (sulfide) groups is 1. The van der Waals surface area contributed by atoms with Crippen LogP contribution in [0.1, 0.15) is 13.8 Å². The molecule has 0 amide bonds. The van der Waals surface area contributed by atoms with E-state index in [9.17, 15) is 8.42 Å². The zero-order chi connectivity index (χ0) is 14.2. The predicted molar refractivity (Wildman–Crippen MR) is 83.8 cm³/mol. The van der Waals surface area contributed by atoms with Crippen LogP contribution in [0.4, 0.5) is 5.69 Å². The highest BCUT2D eigenvalue weighted by atomic mass is 79.9. The number of nitrogens with zero attached hydrogens (tertiary/aromatic N) is 1. The molecule has 1 heterocycles. The van der Waals surface area contributed by atoms with Crippen LogP contribution < -0.4 is 5.73 Å². The zero-order valence-electron chi connectivity index (χ0n) is 10.8. The van der Waals surface area contributed by atoms with Crippen LogP contribution in [0.5, 0.6) is 0 Å². The van der Waals surface area contributed by atoms with Crippen LogP contribution in [0.3, 0.4) is 0 Å². The molecule has 1 fully saturated rings. The van der Waals surface area contributed by atoms with E-state index in [-0.39, 0.29) is 4.90 Å². The molecule has 4 nitrogen and oxygen atoms in total. The number of rotatable bonds is 2. The molecule has 19 heavy (non-hydrogen) atoms. The van der Waals surface area contributed by atoms with Crippen LogP contribution in [0, 0.1) is 0 Å². The molecule has 0 spiro atoms. The number of anilines is 1. The van der Waals surface area contributed by atoms with Gasteiger partial charge in [0.15, 0.2) is 0 Å². The van der Waals surface area contributed by atoms with Crippen molar-refractivity contribution in [3.8, 4) is 0 Å². The molecule has 1 saturated heterocycles. The van der Waals surface area contributed by atoms with Crippen molar-refractivity contribution in [3.05, 3.63) is 22.7 Å². The van der Waals surface area contributed by atoms with Crippen LogP contribution in [0.15, 0.2) is 27.6 Å². The second-order valence-corrected chi connectivity index (χ2v) is 9.44. The topological polar surface area (TPSA) is 63.4 Å². The Bertz CT molecular complexity index is 567. The number of hydrogen-bond acceptors (Lipinski definition) is 4. The molecule has 2 atom stereocenters. The van der Waals surface area contributed by atoms with Crippen LogP contribution in [0.25, 0.3) is 0 Å². The van der Waals surface area contributed by atoms with Crippen molar-refractivity contribution in [1.82, 2.24) is 4.31 Å². The molecule has 0 radical (unpaired) electrons. The second kappa shape index (κ2) is 5.63. The Balaban J connectivity index is 2.33. The summed E-state index contributed by atoms with van der Waals surface area (Å²) < 4.78 is 27.4. The lowest BCUT2D eigenvalue weighted by Crippen LogP contribution is -2.43. The normalized spacial score (nSPS) is 25.4. The molecular weight excluding hydrogens is 348 g/mol. The van der Waals surface area contributed by atoms with Gasteiger partial charge in [0.1, 0.15) is 0 Å². The Morgan fingerprint density at radius 2 is 1.89 bits per heavy atom. The van der Waals surface area contributed by atoms with Crippen LogP contribution in [-0.4, -0.2) is 36.3 Å². The molecule has 1 aliphatic heterocycles. The lowest BCUT2D eigenvalue weighted by Gasteiger charge is -2.33. The fourth-order valence-electron chi connectivity index (χ4n) is 2.16. The third-order valence-corrected chi connectivity index (χ3v) is 6.77. The molecule has 2 unspecified atom stereocenters. The standard InChI is InChI=1S/C12H17BrN2O2S2/c1-8-6-15(7-9(2)18-8)19(16,17)10-3-4-11(13)12(14)5-10/h3-5,8-9H,6-7,14H2,1-2H3. The highest BCUT2D eigenvalue weighted by Gasteiger charge is 2.32. The minimum absolute atomic E-state index is 0.263. The zero-order valence-corrected chi connectivity index (χ0v) is 14.1. The fraction of sp³-hybridized carbons (Fsp3) is 0.500. The first-order valence-corrected chi connectivity index (χ1v) is 9.19. The van der Waals surface area contributed by atoms with Crippen molar-refractivity contribution >= 4 is 43.4 Å². The average molecular weight is 365 g/mol. The van der Waals surface area contributed by atoms with Gasteiger partial charge in [-0.3, -0.25) is 0 Å². The van der Waals surface area contributed by atoms with Gasteiger partial charge in [-0.15, -0.1) is 0 Å². The second-order valence-electron chi connectivity index (χ2n) is 4.76. The van der Waals surface area contributed by atoms with E-state index in [1.165, 1.54) is 6.07 Å². The van der Waals surface area contributed by atoms with Gasteiger partial charge in [0, 0.05) is 33.7 Å². The molecule has 1 aromatic rings. The van der Waals surface area contributed by atoms with Crippen LogP contribution in [0.2, 0.25) is 0 Å². The first-order valence-electron chi connectivity index (χ1n) is 6.01. The van der Waals surface area contributed by atoms with E-state index in [0.29, 0.717) is 33.7 Å². The molecule has 2 rings (SSSR count). The lowest BCUT2D eigenvalue weighted by molar-refractivity contribution is 0.405. The molecule has 106 valence electrons. The smallest absolute Gasteiger partial charge is 0.243 e. The highest BCUT2D eigenvalue weighted by Crippen LogP contribution is 2.30. The maximum atomic E-state index is 12.6. The number of hydrogen-bond donors (Lipinski definition) is 1. The first-order chi connectivity index (χ1) is 8.80. The van der Waals surface area contributed by atoms with E-state index in [1.807, 2.05) is 11.8 Å². The minimum Gasteiger partial charge on any atom is -0.398 e. The summed E-state index contributed by atoms with van der Waals surface area (Å²) in [7, 11) is -3.45. The maximum absolute atomic E-state index is 12.6. The van der Waals surface area contributed by atoms with Gasteiger partial charge in [-0.1, -0.05) is 13.8 Å². The van der Waals surface area contributed by atoms with Crippen molar-refractivity contribution in [2.75, 3.05) is 18.8 Å². The lowest BCUT2D eigenvalue weighted by atomic mass is 10.3. The monoisotopic (exact) mass is 364 g/mol. The Morgan fingerprint density at radius 3 is 2.42 bits per heavy atom. The largest absolute Gasteiger partial charge is 0.398 e. The van der Waals surface area contributed by atoms with Crippen LogP contribution >= 0.6 is 27.7 Å². The number of nitrogens with two attached hydrogens (primary N) is 1. The third-order valence-electron chi connectivity index (χ3n) is 2.99. The van der Waals surface area contributed by atoms with Gasteiger partial charge < -0.3 is 5.73 Å². The quantitative estimate of drug-likeness (QED) is 0.819. The summed E-state index contributed by atoms with van der Waals surface area (Å²) in [4.78, 5) is 0.263. The van der Waals surface area contributed by atoms with E-state index in [2.05, 4.69) is 29.8 Å². The SMILES string of the molecule is CC1CN(S(=O)(=O)c2ccc(Br)c(N)c2)CC(C)S1. The van der Waals surface area contributed by atoms with E-state index < -0.39 is 10.0 Å². The van der Waals surface area contributed by atoms with E-state index in [0.717, 1.165) is 0 Å². The molecule has 1 aliphatic rings. The van der Waals surface area contributed by atoms with Gasteiger partial charge >= 0.3 is 0 Å². The summed E-state index contributed by atoms with van der Waals surface area (Å²) in [5.74, 6) is 0. The number of nitrogen functional groups attached to an aromatic ring is 1. The summed E-state index contributed by atoms with van der Waals surface area (Å²) in [6.07, 6.45) is 0. The fourth-order valence-corrected chi connectivity index (χ4v) is 5.57. The Kier molecular flexibility index (Phi) is 4.49. The number of benzene rings is 1. The molecular formula is C12H17BrN2O2S2. The maximum Gasteiger partial charge on any atom is 0.243 e. The van der Waals surface area contributed by atoms with E-state index >= 15 is 0 Å². The van der Waals surface area contributed by atoms with Crippen molar-refractivity contribution in [3.63, 3.8) is 0 Å². The van der Waals surface area contributed by atoms with E-state index in [1.54, 1.807) is 16.4 Å². The van der Waals surface area contributed by atoms with Crippen molar-refractivity contribution in [1.29, 1.82) is 0 Å². The Labute approximate surface area is 126 Å². The van der Waals surface area contributed by atoms with Gasteiger partial charge in [0.2, 0.25) is 10.0 Å². The van der Waals surface area contributed by atoms with Crippen molar-refractivity contribution < 1.29 is 8.42 Å². The summed E-state index contributed by atoms with van der Waals surface area (Å²) in [5.41, 5.74) is 6.21. The van der Waals surface area contributed by atoms with Gasteiger partial charge in [-0.25, -0.2) is 8.42 Å². The summed E-state index contributed by atoms with van der Waals surface area (Å²) >= 11 is 5.10. The molecule has 2 N–H and O–H groups in total. The minimum atomic E-state index is -3.45. The first kappa shape index (κ1) is 15.2. The average Bonchev–Trinajstić information content (AvgIpc) is 2.31. The number of sulfonamides is 1. The van der Waals surface area contributed by atoms with Gasteiger partial charge in [0.05, 0.1) is 4.90 Å². The van der Waals surface area contributed by atoms with E-state index in [4.69, 9.17) is 5.73 Å². The summed E-state index contributed by atoms with van der Waals surface area (Å²) in [6.45, 7) is 5.21. The number of halogens is 1. The molecule has 0 bridgehead atoms. The molecule has 7 heteroatoms. The van der Waals surface area contributed by atoms with Gasteiger partial charge in [-0.05, 0) is 34.1 Å². The molecule has 0 aromatic heterocycles. The molecule has 0 saturated carbocycles. The molecule has 0 aliphatic carbocycles. The summed E-state index contributed by atoms with van der Waals surface area (Å²) in [5, 5.41) is 0.623. The Morgan fingerprint density at radius 1 is 1.32 bits per heavy atom. The molecule has 1 aromatic carbocycles. The highest BCUT2D eigenvalue weighted by molar-refractivity contribution is 9.10. The third kappa shape index (κ3) is 3.26. The van der Waals surface area contributed by atoms with Crippen molar-refractivity contribution in [2.45, 2.75) is 29.2 Å². The van der Waals surface area contributed by atoms with Gasteiger partial charge in [-0.2, -0.15) is 16.1 Å². The van der Waals surface area contributed by atoms with Crippen molar-refractivity contribution in [2.24, 2.45) is 0 Å². The summed E-state index contributed by atoms with van der Waals surface area (Å²) in [6, 6.07) is 4.77. The predicted octanol–water partition coefficient (Wildman–Crippen LogP) is 2.55.